The number of aliphatic hydroxyl groups is 4. The maximum absolute atomic E-state index is 9.73. The minimum atomic E-state index is -1.19. The van der Waals surface area contributed by atoms with Gasteiger partial charge in [0, 0.05) is 6.54 Å². The highest BCUT2D eigenvalue weighted by molar-refractivity contribution is 5.20. The fourth-order valence-corrected chi connectivity index (χ4v) is 1.42. The first-order chi connectivity index (χ1) is 9.15. The fourth-order valence-electron chi connectivity index (χ4n) is 1.42. The number of para-hydroxylation sites is 1. The lowest BCUT2D eigenvalue weighted by Crippen LogP contribution is -2.57. The first-order valence-corrected chi connectivity index (χ1v) is 6.09. The lowest BCUT2D eigenvalue weighted by molar-refractivity contribution is 0.0261. The summed E-state index contributed by atoms with van der Waals surface area (Å²) in [6.07, 6.45) is -0.816. The fraction of sp³-hybridized carbons (Fsp3) is 0.538. The van der Waals surface area contributed by atoms with E-state index in [1.165, 1.54) is 0 Å². The quantitative estimate of drug-likeness (QED) is 0.384. The van der Waals surface area contributed by atoms with Crippen molar-refractivity contribution in [3.8, 4) is 5.75 Å². The van der Waals surface area contributed by atoms with Crippen LogP contribution in [0.4, 0.5) is 0 Å². The molecule has 0 saturated heterocycles. The van der Waals surface area contributed by atoms with Gasteiger partial charge in [-0.2, -0.15) is 0 Å². The van der Waals surface area contributed by atoms with Gasteiger partial charge < -0.3 is 30.5 Å². The van der Waals surface area contributed by atoms with E-state index in [0.29, 0.717) is 5.75 Å². The third kappa shape index (κ3) is 5.14. The normalized spacial score (nSPS) is 13.3. The average Bonchev–Trinajstić information content (AvgIpc) is 2.48. The summed E-state index contributed by atoms with van der Waals surface area (Å²) in [7, 11) is 0. The standard InChI is InChI=1S/C13H21NO5/c15-8-13(9-16,10-17)14-6-11(18)7-19-12-4-2-1-3-5-12/h1-5,11,14-18H,6-10H2. The minimum absolute atomic E-state index is 0.0787. The first kappa shape index (κ1) is 15.9. The zero-order valence-corrected chi connectivity index (χ0v) is 10.7. The molecule has 0 fully saturated rings. The maximum Gasteiger partial charge on any atom is 0.119 e. The highest BCUT2D eigenvalue weighted by Crippen LogP contribution is 2.08. The van der Waals surface area contributed by atoms with Crippen LogP contribution in [0.15, 0.2) is 30.3 Å². The van der Waals surface area contributed by atoms with Crippen molar-refractivity contribution in [2.75, 3.05) is 33.0 Å². The van der Waals surface area contributed by atoms with Gasteiger partial charge in [0.05, 0.1) is 25.4 Å². The van der Waals surface area contributed by atoms with Gasteiger partial charge in [-0.1, -0.05) is 18.2 Å². The predicted molar refractivity (Wildman–Crippen MR) is 69.9 cm³/mol. The van der Waals surface area contributed by atoms with Gasteiger partial charge in [-0.25, -0.2) is 0 Å². The molecule has 0 bridgehead atoms. The molecule has 6 nitrogen and oxygen atoms in total. The summed E-state index contributed by atoms with van der Waals surface area (Å²) in [6.45, 7) is -1.10. The summed E-state index contributed by atoms with van der Waals surface area (Å²) in [6, 6.07) is 9.07. The van der Waals surface area contributed by atoms with Crippen LogP contribution in [-0.2, 0) is 0 Å². The molecule has 0 aliphatic rings. The zero-order chi connectivity index (χ0) is 14.1. The maximum atomic E-state index is 9.73. The zero-order valence-electron chi connectivity index (χ0n) is 10.7. The second-order valence-corrected chi connectivity index (χ2v) is 4.41. The van der Waals surface area contributed by atoms with Gasteiger partial charge in [-0.05, 0) is 12.1 Å². The predicted octanol–water partition coefficient (Wildman–Crippen LogP) is -1.27. The van der Waals surface area contributed by atoms with Crippen molar-refractivity contribution in [3.05, 3.63) is 30.3 Å². The van der Waals surface area contributed by atoms with Crippen LogP contribution in [0.5, 0.6) is 5.75 Å². The van der Waals surface area contributed by atoms with Gasteiger partial charge in [0.25, 0.3) is 0 Å². The number of rotatable bonds is 9. The molecule has 1 rings (SSSR count). The molecule has 0 radical (unpaired) electrons. The highest BCUT2D eigenvalue weighted by atomic mass is 16.5. The van der Waals surface area contributed by atoms with E-state index < -0.39 is 31.5 Å². The van der Waals surface area contributed by atoms with Crippen molar-refractivity contribution in [2.45, 2.75) is 11.6 Å². The summed E-state index contributed by atoms with van der Waals surface area (Å²) < 4.78 is 5.36. The second-order valence-electron chi connectivity index (χ2n) is 4.41. The number of ether oxygens (including phenoxy) is 1. The molecule has 108 valence electrons. The van der Waals surface area contributed by atoms with Crippen molar-refractivity contribution in [1.82, 2.24) is 5.32 Å². The van der Waals surface area contributed by atoms with Gasteiger partial charge >= 0.3 is 0 Å². The Hall–Kier alpha value is -1.18. The van der Waals surface area contributed by atoms with Crippen molar-refractivity contribution < 1.29 is 25.2 Å². The Labute approximate surface area is 112 Å². The summed E-state index contributed by atoms with van der Waals surface area (Å²) in [5.74, 6) is 0.652. The van der Waals surface area contributed by atoms with E-state index in [2.05, 4.69) is 5.32 Å². The second kappa shape index (κ2) is 8.08. The molecule has 19 heavy (non-hydrogen) atoms. The van der Waals surface area contributed by atoms with Crippen LogP contribution in [0.3, 0.4) is 0 Å². The van der Waals surface area contributed by atoms with Crippen LogP contribution in [0.1, 0.15) is 0 Å². The Morgan fingerprint density at radius 1 is 1.05 bits per heavy atom. The largest absolute Gasteiger partial charge is 0.491 e. The van der Waals surface area contributed by atoms with Crippen LogP contribution >= 0.6 is 0 Å². The Bertz CT molecular complexity index is 334. The molecule has 1 aromatic rings. The average molecular weight is 271 g/mol. The van der Waals surface area contributed by atoms with E-state index in [-0.39, 0.29) is 13.2 Å². The van der Waals surface area contributed by atoms with Gasteiger partial charge in [-0.3, -0.25) is 0 Å². The number of hydrogen-bond donors (Lipinski definition) is 5. The Morgan fingerprint density at radius 2 is 1.63 bits per heavy atom. The van der Waals surface area contributed by atoms with E-state index in [0.717, 1.165) is 0 Å². The molecule has 0 heterocycles. The molecule has 0 saturated carbocycles. The number of aliphatic hydroxyl groups excluding tert-OH is 4. The van der Waals surface area contributed by atoms with Crippen molar-refractivity contribution in [1.29, 1.82) is 0 Å². The summed E-state index contributed by atoms with van der Waals surface area (Å²) in [5, 5.41) is 39.8. The van der Waals surface area contributed by atoms with Crippen LogP contribution in [0, 0.1) is 0 Å². The SMILES string of the molecule is OCC(CO)(CO)NCC(O)COc1ccccc1. The summed E-state index contributed by atoms with van der Waals surface area (Å²) >= 11 is 0. The molecule has 0 amide bonds. The third-order valence-corrected chi connectivity index (χ3v) is 2.81. The number of benzene rings is 1. The van der Waals surface area contributed by atoms with Crippen LogP contribution < -0.4 is 10.1 Å². The van der Waals surface area contributed by atoms with Crippen molar-refractivity contribution in [3.63, 3.8) is 0 Å². The van der Waals surface area contributed by atoms with Crippen LogP contribution in [0.25, 0.3) is 0 Å². The molecule has 1 unspecified atom stereocenters. The smallest absolute Gasteiger partial charge is 0.119 e. The van der Waals surface area contributed by atoms with Crippen LogP contribution in [0.2, 0.25) is 0 Å². The third-order valence-electron chi connectivity index (χ3n) is 2.81. The monoisotopic (exact) mass is 271 g/mol. The first-order valence-electron chi connectivity index (χ1n) is 6.09. The molecular weight excluding hydrogens is 250 g/mol. The van der Waals surface area contributed by atoms with Gasteiger partial charge in [0.2, 0.25) is 0 Å². The van der Waals surface area contributed by atoms with Gasteiger partial charge in [0.1, 0.15) is 18.5 Å². The highest BCUT2D eigenvalue weighted by Gasteiger charge is 2.27. The number of hydrogen-bond acceptors (Lipinski definition) is 6. The van der Waals surface area contributed by atoms with Crippen LogP contribution in [-0.4, -0.2) is 65.0 Å². The Morgan fingerprint density at radius 3 is 2.16 bits per heavy atom. The Kier molecular flexibility index (Phi) is 6.75. The summed E-state index contributed by atoms with van der Waals surface area (Å²) in [4.78, 5) is 0. The molecule has 1 atom stereocenters. The molecule has 0 aromatic heterocycles. The lowest BCUT2D eigenvalue weighted by Gasteiger charge is -2.29. The van der Waals surface area contributed by atoms with Gasteiger partial charge in [0.15, 0.2) is 0 Å². The molecule has 1 aromatic carbocycles. The minimum Gasteiger partial charge on any atom is -0.491 e. The van der Waals surface area contributed by atoms with E-state index >= 15 is 0 Å². The number of nitrogens with one attached hydrogen (secondary N) is 1. The van der Waals surface area contributed by atoms with Crippen molar-refractivity contribution in [2.24, 2.45) is 0 Å². The molecule has 0 aliphatic heterocycles. The number of β-amino-alcohol motifs (C(OH)–C–C–N with tert-alkyl or cyclic N) is 1. The van der Waals surface area contributed by atoms with Gasteiger partial charge in [-0.15, -0.1) is 0 Å². The van der Waals surface area contributed by atoms with E-state index in [1.54, 1.807) is 12.1 Å². The topological polar surface area (TPSA) is 102 Å². The van der Waals surface area contributed by atoms with E-state index in [9.17, 15) is 5.11 Å². The summed E-state index contributed by atoms with van der Waals surface area (Å²) in [5.41, 5.74) is -1.19. The molecule has 6 heteroatoms. The lowest BCUT2D eigenvalue weighted by atomic mass is 10.0. The molecule has 0 aliphatic carbocycles. The Balaban J connectivity index is 2.33. The van der Waals surface area contributed by atoms with E-state index in [4.69, 9.17) is 20.1 Å². The van der Waals surface area contributed by atoms with Crippen molar-refractivity contribution >= 4 is 0 Å². The molecular formula is C13H21NO5. The molecule has 5 N–H and O–H groups in total. The molecule has 0 spiro atoms. The van der Waals surface area contributed by atoms with E-state index in [1.807, 2.05) is 18.2 Å².